The van der Waals surface area contributed by atoms with Gasteiger partial charge in [0, 0.05) is 17.8 Å². The average molecular weight is 293 g/mol. The van der Waals surface area contributed by atoms with E-state index in [0.717, 1.165) is 41.8 Å². The van der Waals surface area contributed by atoms with E-state index in [-0.39, 0.29) is 11.7 Å². The lowest BCUT2D eigenvalue weighted by Gasteiger charge is -2.30. The van der Waals surface area contributed by atoms with E-state index in [1.54, 1.807) is 6.92 Å². The van der Waals surface area contributed by atoms with E-state index in [2.05, 4.69) is 0 Å². The fourth-order valence-corrected chi connectivity index (χ4v) is 2.94. The van der Waals surface area contributed by atoms with Crippen molar-refractivity contribution < 1.29 is 9.59 Å². The maximum Gasteiger partial charge on any atom is 0.231 e. The molecule has 0 atom stereocenters. The van der Waals surface area contributed by atoms with Crippen LogP contribution >= 0.6 is 0 Å². The molecule has 0 bridgehead atoms. The van der Waals surface area contributed by atoms with Crippen LogP contribution in [0.4, 0.5) is 5.69 Å². The highest BCUT2D eigenvalue weighted by Gasteiger charge is 2.23. The summed E-state index contributed by atoms with van der Waals surface area (Å²) in [5.41, 5.74) is 3.80. The van der Waals surface area contributed by atoms with Gasteiger partial charge in [-0.25, -0.2) is 0 Å². The average Bonchev–Trinajstić information content (AvgIpc) is 2.54. The minimum absolute atomic E-state index is 0.0653. The minimum Gasteiger partial charge on any atom is -0.312 e. The zero-order valence-electron chi connectivity index (χ0n) is 12.7. The molecule has 3 rings (SSSR count). The summed E-state index contributed by atoms with van der Waals surface area (Å²) in [5, 5.41) is 0. The number of carbonyl (C=O) groups is 2. The first-order valence-corrected chi connectivity index (χ1v) is 7.63. The number of hydrogen-bond donors (Lipinski definition) is 0. The van der Waals surface area contributed by atoms with Crippen molar-refractivity contribution in [2.45, 2.75) is 26.2 Å². The SMILES string of the molecule is CC(=O)c1ccc2c(c1)CCCN2C(=O)Cc1ccccc1. The monoisotopic (exact) mass is 293 g/mol. The van der Waals surface area contributed by atoms with E-state index in [0.29, 0.717) is 6.42 Å². The lowest BCUT2D eigenvalue weighted by Crippen LogP contribution is -2.36. The highest BCUT2D eigenvalue weighted by atomic mass is 16.2. The molecule has 0 N–H and O–H groups in total. The zero-order valence-corrected chi connectivity index (χ0v) is 12.7. The molecule has 0 saturated heterocycles. The van der Waals surface area contributed by atoms with Crippen LogP contribution in [0, 0.1) is 0 Å². The molecule has 0 unspecified atom stereocenters. The normalized spacial score (nSPS) is 13.6. The van der Waals surface area contributed by atoms with E-state index in [1.807, 2.05) is 53.4 Å². The molecule has 2 aromatic carbocycles. The molecule has 0 radical (unpaired) electrons. The van der Waals surface area contributed by atoms with Crippen LogP contribution in [0.2, 0.25) is 0 Å². The Morgan fingerprint density at radius 1 is 1.09 bits per heavy atom. The number of ketones is 1. The molecule has 1 aliphatic heterocycles. The number of carbonyl (C=O) groups excluding carboxylic acids is 2. The molecule has 1 aliphatic rings. The maximum absolute atomic E-state index is 12.6. The molecule has 0 aliphatic carbocycles. The maximum atomic E-state index is 12.6. The molecule has 22 heavy (non-hydrogen) atoms. The van der Waals surface area contributed by atoms with Gasteiger partial charge in [-0.1, -0.05) is 30.3 Å². The predicted molar refractivity (Wildman–Crippen MR) is 87.3 cm³/mol. The minimum atomic E-state index is 0.0653. The second-order valence-electron chi connectivity index (χ2n) is 5.71. The van der Waals surface area contributed by atoms with Crippen LogP contribution in [0.15, 0.2) is 48.5 Å². The third kappa shape index (κ3) is 2.93. The standard InChI is InChI=1S/C19H19NO2/c1-14(21)16-9-10-18-17(13-16)8-5-11-20(18)19(22)12-15-6-3-2-4-7-15/h2-4,6-7,9-10,13H,5,8,11-12H2,1H3. The topological polar surface area (TPSA) is 37.4 Å². The van der Waals surface area contributed by atoms with Crippen molar-refractivity contribution in [1.82, 2.24) is 0 Å². The van der Waals surface area contributed by atoms with Gasteiger partial charge < -0.3 is 4.90 Å². The summed E-state index contributed by atoms with van der Waals surface area (Å²) in [7, 11) is 0. The fraction of sp³-hybridized carbons (Fsp3) is 0.263. The Morgan fingerprint density at radius 3 is 2.59 bits per heavy atom. The molecule has 0 aromatic heterocycles. The van der Waals surface area contributed by atoms with Crippen LogP contribution < -0.4 is 4.90 Å². The van der Waals surface area contributed by atoms with Gasteiger partial charge in [0.25, 0.3) is 0 Å². The van der Waals surface area contributed by atoms with Crippen molar-refractivity contribution in [2.75, 3.05) is 11.4 Å². The van der Waals surface area contributed by atoms with E-state index < -0.39 is 0 Å². The summed E-state index contributed by atoms with van der Waals surface area (Å²) < 4.78 is 0. The molecule has 1 heterocycles. The van der Waals surface area contributed by atoms with Gasteiger partial charge >= 0.3 is 0 Å². The number of benzene rings is 2. The predicted octanol–water partition coefficient (Wildman–Crippen LogP) is 3.41. The molecule has 3 nitrogen and oxygen atoms in total. The summed E-state index contributed by atoms with van der Waals surface area (Å²) in [5.74, 6) is 0.179. The number of Topliss-reactive ketones (excluding diaryl/α,β-unsaturated/α-hetero) is 1. The third-order valence-corrected chi connectivity index (χ3v) is 4.10. The fourth-order valence-electron chi connectivity index (χ4n) is 2.94. The van der Waals surface area contributed by atoms with Crippen molar-refractivity contribution in [1.29, 1.82) is 0 Å². The number of nitrogens with zero attached hydrogens (tertiary/aromatic N) is 1. The van der Waals surface area contributed by atoms with Gasteiger partial charge in [0.2, 0.25) is 5.91 Å². The molecule has 0 fully saturated rings. The largest absolute Gasteiger partial charge is 0.312 e. The van der Waals surface area contributed by atoms with Gasteiger partial charge in [0.1, 0.15) is 0 Å². The van der Waals surface area contributed by atoms with Gasteiger partial charge in [-0.05, 0) is 49.1 Å². The Balaban J connectivity index is 1.85. The first-order chi connectivity index (χ1) is 10.6. The zero-order chi connectivity index (χ0) is 15.5. The molecular weight excluding hydrogens is 274 g/mol. The molecule has 112 valence electrons. The van der Waals surface area contributed by atoms with Crippen LogP contribution in [0.5, 0.6) is 0 Å². The Kier molecular flexibility index (Phi) is 4.05. The summed E-state index contributed by atoms with van der Waals surface area (Å²) >= 11 is 0. The molecule has 0 spiro atoms. The van der Waals surface area contributed by atoms with Gasteiger partial charge in [-0.2, -0.15) is 0 Å². The number of amides is 1. The Bertz CT molecular complexity index is 707. The lowest BCUT2D eigenvalue weighted by molar-refractivity contribution is -0.118. The smallest absolute Gasteiger partial charge is 0.231 e. The van der Waals surface area contributed by atoms with Gasteiger partial charge in [-0.15, -0.1) is 0 Å². The third-order valence-electron chi connectivity index (χ3n) is 4.10. The molecule has 3 heteroatoms. The van der Waals surface area contributed by atoms with Crippen molar-refractivity contribution in [3.05, 3.63) is 65.2 Å². The van der Waals surface area contributed by atoms with Crippen molar-refractivity contribution in [3.63, 3.8) is 0 Å². The summed E-state index contributed by atoms with van der Waals surface area (Å²) in [6.07, 6.45) is 2.27. The Morgan fingerprint density at radius 2 is 1.86 bits per heavy atom. The second kappa shape index (κ2) is 6.14. The molecule has 2 aromatic rings. The molecular formula is C19H19NO2. The van der Waals surface area contributed by atoms with Gasteiger partial charge in [0.15, 0.2) is 5.78 Å². The molecule has 0 saturated carbocycles. The summed E-state index contributed by atoms with van der Waals surface area (Å²) in [6.45, 7) is 2.32. The highest BCUT2D eigenvalue weighted by molar-refractivity contribution is 5.98. The lowest BCUT2D eigenvalue weighted by atomic mass is 9.97. The number of anilines is 1. The van der Waals surface area contributed by atoms with Crippen molar-refractivity contribution in [3.8, 4) is 0 Å². The number of fused-ring (bicyclic) bond motifs is 1. The van der Waals surface area contributed by atoms with Crippen molar-refractivity contribution in [2.24, 2.45) is 0 Å². The van der Waals surface area contributed by atoms with Crippen LogP contribution in [-0.4, -0.2) is 18.2 Å². The summed E-state index contributed by atoms with van der Waals surface area (Å²) in [6, 6.07) is 15.5. The second-order valence-corrected chi connectivity index (χ2v) is 5.71. The summed E-state index contributed by atoms with van der Waals surface area (Å²) in [4.78, 5) is 26.0. The first-order valence-electron chi connectivity index (χ1n) is 7.63. The number of rotatable bonds is 3. The van der Waals surface area contributed by atoms with Gasteiger partial charge in [-0.3, -0.25) is 9.59 Å². The van der Waals surface area contributed by atoms with Crippen LogP contribution in [0.3, 0.4) is 0 Å². The van der Waals surface area contributed by atoms with E-state index in [1.165, 1.54) is 0 Å². The first kappa shape index (κ1) is 14.5. The van der Waals surface area contributed by atoms with E-state index >= 15 is 0 Å². The Labute approximate surface area is 130 Å². The van der Waals surface area contributed by atoms with Crippen LogP contribution in [0.25, 0.3) is 0 Å². The molecule has 1 amide bonds. The quantitative estimate of drug-likeness (QED) is 0.813. The van der Waals surface area contributed by atoms with E-state index in [9.17, 15) is 9.59 Å². The van der Waals surface area contributed by atoms with Gasteiger partial charge in [0.05, 0.1) is 6.42 Å². The van der Waals surface area contributed by atoms with Crippen molar-refractivity contribution >= 4 is 17.4 Å². The highest BCUT2D eigenvalue weighted by Crippen LogP contribution is 2.28. The number of aryl methyl sites for hydroxylation is 1. The Hall–Kier alpha value is -2.42. The van der Waals surface area contributed by atoms with Crippen LogP contribution in [-0.2, 0) is 17.6 Å². The number of hydrogen-bond acceptors (Lipinski definition) is 2. The van der Waals surface area contributed by atoms with E-state index in [4.69, 9.17) is 0 Å². The van der Waals surface area contributed by atoms with Crippen LogP contribution in [0.1, 0.15) is 34.8 Å².